The number of halogens is 1. The maximum Gasteiger partial charge on any atom is 0.261 e. The number of aliphatic imine (C=N–C) groups is 1. The summed E-state index contributed by atoms with van der Waals surface area (Å²) in [4.78, 5) is 23.9. The number of carbonyl (C=O) groups excluding carboxylic acids is 1. The molecule has 0 bridgehead atoms. The third-order valence-corrected chi connectivity index (χ3v) is 6.70. The fraction of sp³-hybridized carbons (Fsp3) is 0.269. The number of nitrogens with zero attached hydrogens (tertiary/aromatic N) is 3. The highest BCUT2D eigenvalue weighted by molar-refractivity contribution is 6.30. The first-order chi connectivity index (χ1) is 16.2. The fourth-order valence-corrected chi connectivity index (χ4v) is 5.07. The molecule has 174 valence electrons. The number of nitrogens with two attached hydrogens (primary N) is 1. The minimum Gasteiger partial charge on any atom is -0.497 e. The molecule has 2 N–H and O–H groups in total. The molecule has 7 nitrogen and oxygen atoms in total. The Kier molecular flexibility index (Phi) is 5.24. The van der Waals surface area contributed by atoms with Gasteiger partial charge in [0.05, 0.1) is 12.1 Å². The molecule has 3 aromatic rings. The van der Waals surface area contributed by atoms with Crippen molar-refractivity contribution in [2.45, 2.75) is 30.9 Å². The molecule has 34 heavy (non-hydrogen) atoms. The van der Waals surface area contributed by atoms with Crippen LogP contribution in [0.25, 0.3) is 11.1 Å². The quantitative estimate of drug-likeness (QED) is 0.610. The monoisotopic (exact) mass is 476 g/mol. The van der Waals surface area contributed by atoms with Gasteiger partial charge in [0.1, 0.15) is 17.1 Å². The molecule has 0 fully saturated rings. The van der Waals surface area contributed by atoms with Crippen LogP contribution in [-0.4, -0.2) is 41.5 Å². The molecule has 8 heteroatoms. The number of aromatic nitrogens is 1. The van der Waals surface area contributed by atoms with E-state index >= 15 is 0 Å². The standard InChI is InChI=1S/C26H25ClN4O3/c1-25(12-16-4-7-20(33-3)8-5-16)15-26(23(32)31(2)24(28)30-26)21-11-17(6-9-22(21)34-25)18-10-19(27)14-29-13-18/h4-11,13-14H,12,15H2,1-3H3,(H2,28,30)/t25-,26?/m0/s1. The van der Waals surface area contributed by atoms with Crippen LogP contribution in [0.3, 0.4) is 0 Å². The van der Waals surface area contributed by atoms with E-state index in [2.05, 4.69) is 4.98 Å². The number of pyridine rings is 1. The Morgan fingerprint density at radius 3 is 2.56 bits per heavy atom. The lowest BCUT2D eigenvalue weighted by Gasteiger charge is -2.43. The zero-order valence-electron chi connectivity index (χ0n) is 19.2. The number of carbonyl (C=O) groups is 1. The van der Waals surface area contributed by atoms with Gasteiger partial charge in [-0.3, -0.25) is 14.7 Å². The first-order valence-electron chi connectivity index (χ1n) is 10.9. The van der Waals surface area contributed by atoms with Crippen molar-refractivity contribution in [3.8, 4) is 22.6 Å². The van der Waals surface area contributed by atoms with E-state index in [9.17, 15) is 4.79 Å². The molecule has 0 radical (unpaired) electrons. The average Bonchev–Trinajstić information content (AvgIpc) is 3.02. The molecular weight excluding hydrogens is 452 g/mol. The van der Waals surface area contributed by atoms with Crippen molar-refractivity contribution < 1.29 is 14.3 Å². The number of ether oxygens (including phenoxy) is 2. The van der Waals surface area contributed by atoms with Crippen LogP contribution in [0.5, 0.6) is 11.5 Å². The van der Waals surface area contributed by atoms with E-state index in [1.54, 1.807) is 26.6 Å². The molecule has 5 rings (SSSR count). The third kappa shape index (κ3) is 3.66. The summed E-state index contributed by atoms with van der Waals surface area (Å²) in [5.74, 6) is 1.42. The van der Waals surface area contributed by atoms with Crippen LogP contribution < -0.4 is 15.2 Å². The number of guanidine groups is 1. The highest BCUT2D eigenvalue weighted by Crippen LogP contribution is 2.50. The summed E-state index contributed by atoms with van der Waals surface area (Å²) < 4.78 is 11.8. The minimum absolute atomic E-state index is 0.170. The lowest BCUT2D eigenvalue weighted by atomic mass is 9.74. The van der Waals surface area contributed by atoms with Crippen molar-refractivity contribution in [1.29, 1.82) is 0 Å². The van der Waals surface area contributed by atoms with Crippen molar-refractivity contribution >= 4 is 23.5 Å². The second kappa shape index (κ2) is 8.02. The largest absolute Gasteiger partial charge is 0.497 e. The highest BCUT2D eigenvalue weighted by Gasteiger charge is 2.56. The van der Waals surface area contributed by atoms with Gasteiger partial charge in [-0.1, -0.05) is 29.8 Å². The summed E-state index contributed by atoms with van der Waals surface area (Å²) in [6.45, 7) is 2.01. The van der Waals surface area contributed by atoms with Crippen molar-refractivity contribution in [2.24, 2.45) is 10.7 Å². The molecule has 2 aromatic carbocycles. The zero-order chi connectivity index (χ0) is 24.1. The molecule has 2 aliphatic heterocycles. The van der Waals surface area contributed by atoms with Gasteiger partial charge < -0.3 is 15.2 Å². The van der Waals surface area contributed by atoms with Crippen molar-refractivity contribution in [3.05, 3.63) is 77.1 Å². The smallest absolute Gasteiger partial charge is 0.261 e. The summed E-state index contributed by atoms with van der Waals surface area (Å²) in [5.41, 5.74) is 7.75. The fourth-order valence-electron chi connectivity index (χ4n) is 4.89. The summed E-state index contributed by atoms with van der Waals surface area (Å²) in [6.07, 6.45) is 4.25. The number of hydrogen-bond acceptors (Lipinski definition) is 6. The van der Waals surface area contributed by atoms with Crippen LogP contribution in [0.15, 0.2) is 65.9 Å². The van der Waals surface area contributed by atoms with Gasteiger partial charge in [0, 0.05) is 43.4 Å². The van der Waals surface area contributed by atoms with Gasteiger partial charge in [0.25, 0.3) is 5.91 Å². The zero-order valence-corrected chi connectivity index (χ0v) is 20.0. The average molecular weight is 477 g/mol. The van der Waals surface area contributed by atoms with E-state index in [4.69, 9.17) is 31.8 Å². The number of amides is 1. The normalized spacial score (nSPS) is 23.5. The van der Waals surface area contributed by atoms with Crippen LogP contribution in [0.4, 0.5) is 0 Å². The molecule has 3 heterocycles. The Morgan fingerprint density at radius 1 is 1.15 bits per heavy atom. The highest BCUT2D eigenvalue weighted by atomic mass is 35.5. The van der Waals surface area contributed by atoms with E-state index in [1.165, 1.54) is 4.90 Å². The molecule has 1 unspecified atom stereocenters. The topological polar surface area (TPSA) is 90.0 Å². The number of methoxy groups -OCH3 is 1. The number of hydrogen-bond donors (Lipinski definition) is 1. The van der Waals surface area contributed by atoms with E-state index in [0.29, 0.717) is 29.2 Å². The van der Waals surface area contributed by atoms with Crippen molar-refractivity contribution in [3.63, 3.8) is 0 Å². The predicted octanol–water partition coefficient (Wildman–Crippen LogP) is 4.18. The Balaban J connectivity index is 1.60. The number of rotatable bonds is 4. The molecular formula is C26H25ClN4O3. The van der Waals surface area contributed by atoms with Gasteiger partial charge in [-0.15, -0.1) is 0 Å². The molecule has 0 saturated carbocycles. The SMILES string of the molecule is COc1ccc(C[C@@]2(C)CC3(N=C(N)N(C)C3=O)c3cc(-c4cncc(Cl)c4)ccc3O2)cc1. The molecule has 1 amide bonds. The third-order valence-electron chi connectivity index (χ3n) is 6.49. The summed E-state index contributed by atoms with van der Waals surface area (Å²) in [6, 6.07) is 15.4. The molecule has 1 aromatic heterocycles. The van der Waals surface area contributed by atoms with Gasteiger partial charge in [-0.05, 0) is 48.4 Å². The summed E-state index contributed by atoms with van der Waals surface area (Å²) in [7, 11) is 3.29. The summed E-state index contributed by atoms with van der Waals surface area (Å²) >= 11 is 6.16. The molecule has 1 spiro atoms. The maximum atomic E-state index is 13.6. The molecule has 0 aliphatic carbocycles. The van der Waals surface area contributed by atoms with Crippen LogP contribution in [-0.2, 0) is 16.8 Å². The number of likely N-dealkylation sites (N-methyl/N-ethyl adjacent to an activating group) is 1. The van der Waals surface area contributed by atoms with Gasteiger partial charge in [0.15, 0.2) is 11.5 Å². The van der Waals surface area contributed by atoms with Crippen LogP contribution in [0.1, 0.15) is 24.5 Å². The van der Waals surface area contributed by atoms with Crippen molar-refractivity contribution in [1.82, 2.24) is 9.88 Å². The van der Waals surface area contributed by atoms with Gasteiger partial charge in [0.2, 0.25) is 0 Å². The maximum absolute atomic E-state index is 13.6. The van der Waals surface area contributed by atoms with Gasteiger partial charge >= 0.3 is 0 Å². The molecule has 2 aliphatic rings. The van der Waals surface area contributed by atoms with E-state index in [0.717, 1.165) is 22.4 Å². The first kappa shape index (κ1) is 22.2. The minimum atomic E-state index is -1.17. The predicted molar refractivity (Wildman–Crippen MR) is 131 cm³/mol. The van der Waals surface area contributed by atoms with Crippen LogP contribution >= 0.6 is 11.6 Å². The number of benzene rings is 2. The van der Waals surface area contributed by atoms with E-state index in [-0.39, 0.29) is 11.9 Å². The summed E-state index contributed by atoms with van der Waals surface area (Å²) in [5, 5.41) is 0.534. The molecule has 0 saturated heterocycles. The van der Waals surface area contributed by atoms with Gasteiger partial charge in [-0.2, -0.15) is 0 Å². The van der Waals surface area contributed by atoms with Crippen LogP contribution in [0, 0.1) is 0 Å². The Bertz CT molecular complexity index is 1310. The first-order valence-corrected chi connectivity index (χ1v) is 11.3. The van der Waals surface area contributed by atoms with Crippen molar-refractivity contribution in [2.75, 3.05) is 14.2 Å². The van der Waals surface area contributed by atoms with E-state index < -0.39 is 11.1 Å². The Hall–Kier alpha value is -3.58. The second-order valence-corrected chi connectivity index (χ2v) is 9.49. The lowest BCUT2D eigenvalue weighted by molar-refractivity contribution is -0.133. The Morgan fingerprint density at radius 2 is 1.91 bits per heavy atom. The Labute approximate surface area is 203 Å². The lowest BCUT2D eigenvalue weighted by Crippen LogP contribution is -2.51. The molecule has 2 atom stereocenters. The van der Waals surface area contributed by atoms with Gasteiger partial charge in [-0.25, -0.2) is 4.99 Å². The van der Waals surface area contributed by atoms with Crippen LogP contribution in [0.2, 0.25) is 5.02 Å². The van der Waals surface area contributed by atoms with E-state index in [1.807, 2.05) is 55.5 Å². The number of fused-ring (bicyclic) bond motifs is 2. The second-order valence-electron chi connectivity index (χ2n) is 9.05.